The molecule has 0 atom stereocenters. The molecule has 0 aliphatic carbocycles. The number of para-hydroxylation sites is 1. The van der Waals surface area contributed by atoms with Gasteiger partial charge in [-0.25, -0.2) is 8.42 Å². The third-order valence-corrected chi connectivity index (χ3v) is 4.35. The minimum atomic E-state index is -3.51. The van der Waals surface area contributed by atoms with Crippen molar-refractivity contribution in [1.82, 2.24) is 5.32 Å². The minimum Gasteiger partial charge on any atom is -0.320 e. The summed E-state index contributed by atoms with van der Waals surface area (Å²) in [7, 11) is -1.78. The van der Waals surface area contributed by atoms with Crippen LogP contribution >= 0.6 is 11.8 Å². The monoisotopic (exact) mass is 310 g/mol. The van der Waals surface area contributed by atoms with Gasteiger partial charge >= 0.3 is 0 Å². The van der Waals surface area contributed by atoms with Crippen molar-refractivity contribution in [3.05, 3.63) is 24.3 Å². The van der Waals surface area contributed by atoms with Crippen molar-refractivity contribution >= 4 is 27.5 Å². The number of hydrogen-bond donors (Lipinski definition) is 2. The van der Waals surface area contributed by atoms with Crippen molar-refractivity contribution in [3.63, 3.8) is 0 Å². The Labute approximate surface area is 116 Å². The number of hydrogen-bond acceptors (Lipinski definition) is 4. The number of sulfonamides is 1. The van der Waals surface area contributed by atoms with E-state index in [1.807, 2.05) is 0 Å². The third kappa shape index (κ3) is 6.22. The van der Waals surface area contributed by atoms with Crippen LogP contribution in [0.3, 0.4) is 0 Å². The summed E-state index contributed by atoms with van der Waals surface area (Å²) in [5.74, 6) is -2.64. The van der Waals surface area contributed by atoms with Crippen LogP contribution in [-0.2, 0) is 10.0 Å². The molecular weight excluding hydrogens is 294 g/mol. The predicted molar refractivity (Wildman–Crippen MR) is 74.3 cm³/mol. The molecule has 1 aromatic carbocycles. The molecule has 4 nitrogen and oxygen atoms in total. The second-order valence-corrected chi connectivity index (χ2v) is 6.63. The number of benzene rings is 1. The lowest BCUT2D eigenvalue weighted by Gasteiger charge is -2.11. The van der Waals surface area contributed by atoms with Crippen LogP contribution in [0.5, 0.6) is 0 Å². The maximum Gasteiger partial charge on any atom is 0.288 e. The summed E-state index contributed by atoms with van der Waals surface area (Å²) in [4.78, 5) is 0.217. The topological polar surface area (TPSA) is 58.2 Å². The highest BCUT2D eigenvalue weighted by Gasteiger charge is 2.15. The van der Waals surface area contributed by atoms with Crippen molar-refractivity contribution in [2.24, 2.45) is 0 Å². The summed E-state index contributed by atoms with van der Waals surface area (Å²) in [5.41, 5.74) is 0.192. The van der Waals surface area contributed by atoms with Crippen LogP contribution in [0.1, 0.15) is 6.42 Å². The SMILES string of the molecule is CNCCCS(=O)(=O)Nc1ccccc1SC(F)F. The van der Waals surface area contributed by atoms with Crippen LogP contribution < -0.4 is 10.0 Å². The summed E-state index contributed by atoms with van der Waals surface area (Å²) in [6.45, 7) is 0.578. The van der Waals surface area contributed by atoms with E-state index in [1.54, 1.807) is 19.2 Å². The molecule has 0 heterocycles. The lowest BCUT2D eigenvalue weighted by atomic mass is 10.3. The Balaban J connectivity index is 2.75. The number of anilines is 1. The van der Waals surface area contributed by atoms with Crippen LogP contribution in [0.15, 0.2) is 29.2 Å². The Morgan fingerprint density at radius 2 is 2.00 bits per heavy atom. The van der Waals surface area contributed by atoms with Gasteiger partial charge in [0, 0.05) is 4.90 Å². The summed E-state index contributed by atoms with van der Waals surface area (Å²) in [5, 5.41) is 2.85. The van der Waals surface area contributed by atoms with Gasteiger partial charge in [0.25, 0.3) is 5.76 Å². The molecule has 2 N–H and O–H groups in total. The fourth-order valence-corrected chi connectivity index (χ4v) is 3.21. The van der Waals surface area contributed by atoms with Gasteiger partial charge in [0.1, 0.15) is 0 Å². The molecule has 0 radical (unpaired) electrons. The van der Waals surface area contributed by atoms with E-state index >= 15 is 0 Å². The van der Waals surface area contributed by atoms with E-state index in [0.717, 1.165) is 0 Å². The number of alkyl halides is 2. The molecule has 8 heteroatoms. The molecule has 0 spiro atoms. The van der Waals surface area contributed by atoms with E-state index in [4.69, 9.17) is 0 Å². The van der Waals surface area contributed by atoms with E-state index in [2.05, 4.69) is 10.0 Å². The summed E-state index contributed by atoms with van der Waals surface area (Å²) in [6, 6.07) is 6.12. The normalized spacial score (nSPS) is 11.8. The van der Waals surface area contributed by atoms with Gasteiger partial charge in [-0.3, -0.25) is 4.72 Å². The van der Waals surface area contributed by atoms with E-state index in [-0.39, 0.29) is 16.3 Å². The van der Waals surface area contributed by atoms with Gasteiger partial charge in [-0.15, -0.1) is 0 Å². The van der Waals surface area contributed by atoms with E-state index in [0.29, 0.717) is 24.7 Å². The molecule has 1 aromatic rings. The first-order chi connectivity index (χ1) is 8.94. The lowest BCUT2D eigenvalue weighted by Crippen LogP contribution is -2.20. The van der Waals surface area contributed by atoms with Crippen molar-refractivity contribution in [1.29, 1.82) is 0 Å². The first-order valence-electron chi connectivity index (χ1n) is 5.63. The Kier molecular flexibility index (Phi) is 6.53. The molecule has 0 aromatic heterocycles. The van der Waals surface area contributed by atoms with Gasteiger partial charge in [0.2, 0.25) is 10.0 Å². The molecule has 1 rings (SSSR count). The Hall–Kier alpha value is -0.860. The summed E-state index contributed by atoms with van der Waals surface area (Å²) >= 11 is 0.321. The van der Waals surface area contributed by atoms with E-state index < -0.39 is 15.8 Å². The molecule has 108 valence electrons. The molecule has 0 saturated carbocycles. The quantitative estimate of drug-likeness (QED) is 0.572. The smallest absolute Gasteiger partial charge is 0.288 e. The van der Waals surface area contributed by atoms with Crippen LogP contribution in [0, 0.1) is 0 Å². The maximum atomic E-state index is 12.4. The highest BCUT2D eigenvalue weighted by Crippen LogP contribution is 2.32. The zero-order chi connectivity index (χ0) is 14.3. The average molecular weight is 310 g/mol. The zero-order valence-corrected chi connectivity index (χ0v) is 12.0. The standard InChI is InChI=1S/C11H16F2N2O2S2/c1-14-7-4-8-19(16,17)15-9-5-2-3-6-10(9)18-11(12)13/h2-3,5-6,11,14-15H,4,7-8H2,1H3. The van der Waals surface area contributed by atoms with Crippen LogP contribution in [0.2, 0.25) is 0 Å². The molecule has 0 amide bonds. The summed E-state index contributed by atoms with van der Waals surface area (Å²) in [6.07, 6.45) is 0.454. The molecule has 0 bridgehead atoms. The number of halogens is 2. The Morgan fingerprint density at radius 1 is 1.32 bits per heavy atom. The summed E-state index contributed by atoms with van der Waals surface area (Å²) < 4.78 is 50.6. The molecule has 0 aliphatic rings. The number of rotatable bonds is 8. The molecule has 0 saturated heterocycles. The van der Waals surface area contributed by atoms with Crippen molar-refractivity contribution in [2.75, 3.05) is 24.1 Å². The van der Waals surface area contributed by atoms with Crippen molar-refractivity contribution < 1.29 is 17.2 Å². The van der Waals surface area contributed by atoms with E-state index in [9.17, 15) is 17.2 Å². The lowest BCUT2D eigenvalue weighted by molar-refractivity contribution is 0.252. The molecule has 0 fully saturated rings. The van der Waals surface area contributed by atoms with Gasteiger partial charge in [0.05, 0.1) is 11.4 Å². The van der Waals surface area contributed by atoms with E-state index in [1.165, 1.54) is 12.1 Å². The Morgan fingerprint density at radius 3 is 2.63 bits per heavy atom. The molecule has 0 unspecified atom stereocenters. The molecular formula is C11H16F2N2O2S2. The molecule has 0 aliphatic heterocycles. The van der Waals surface area contributed by atoms with Gasteiger partial charge in [0.15, 0.2) is 0 Å². The van der Waals surface area contributed by atoms with Gasteiger partial charge in [-0.1, -0.05) is 23.9 Å². The van der Waals surface area contributed by atoms with Crippen LogP contribution in [0.4, 0.5) is 14.5 Å². The minimum absolute atomic E-state index is 0.0540. The predicted octanol–water partition coefficient (Wildman–Crippen LogP) is 2.35. The van der Waals surface area contributed by atoms with Crippen molar-refractivity contribution in [2.45, 2.75) is 17.1 Å². The second-order valence-electron chi connectivity index (χ2n) is 3.75. The fourth-order valence-electron chi connectivity index (χ4n) is 1.41. The number of thioether (sulfide) groups is 1. The first kappa shape index (κ1) is 16.2. The van der Waals surface area contributed by atoms with Gasteiger partial charge in [-0.05, 0) is 32.1 Å². The second kappa shape index (κ2) is 7.66. The van der Waals surface area contributed by atoms with Gasteiger partial charge < -0.3 is 5.32 Å². The largest absolute Gasteiger partial charge is 0.320 e. The number of nitrogens with one attached hydrogen (secondary N) is 2. The fraction of sp³-hybridized carbons (Fsp3) is 0.455. The van der Waals surface area contributed by atoms with Crippen molar-refractivity contribution in [3.8, 4) is 0 Å². The third-order valence-electron chi connectivity index (χ3n) is 2.21. The van der Waals surface area contributed by atoms with Crippen LogP contribution in [-0.4, -0.2) is 33.5 Å². The average Bonchev–Trinajstić information content (AvgIpc) is 2.31. The molecule has 19 heavy (non-hydrogen) atoms. The first-order valence-corrected chi connectivity index (χ1v) is 8.17. The Bertz CT molecular complexity index is 495. The highest BCUT2D eigenvalue weighted by atomic mass is 32.2. The van der Waals surface area contributed by atoms with Gasteiger partial charge in [-0.2, -0.15) is 8.78 Å². The zero-order valence-electron chi connectivity index (χ0n) is 10.4. The highest BCUT2D eigenvalue weighted by molar-refractivity contribution is 7.99. The maximum absolute atomic E-state index is 12.4. The van der Waals surface area contributed by atoms with Crippen LogP contribution in [0.25, 0.3) is 0 Å².